The molecule has 0 amide bonds. The van der Waals surface area contributed by atoms with E-state index in [1.54, 1.807) is 0 Å². The standard InChI is InChI=1S/C20H18N2/c1-13-6-2-3-8-15(13)20-18-11-5-9-16(18)17-10-4-7-14(12-21)19(17)22-20/h2-10,16,18,20,22H,11H2,1H3. The van der Waals surface area contributed by atoms with Crippen molar-refractivity contribution in [3.8, 4) is 6.07 Å². The molecule has 0 bridgehead atoms. The van der Waals surface area contributed by atoms with Gasteiger partial charge in [0.1, 0.15) is 6.07 Å². The molecular formula is C20H18N2. The van der Waals surface area contributed by atoms with Crippen LogP contribution in [0.1, 0.15) is 40.6 Å². The lowest BCUT2D eigenvalue weighted by Gasteiger charge is -2.38. The smallest absolute Gasteiger partial charge is 0.101 e. The molecule has 4 rings (SSSR count). The van der Waals surface area contributed by atoms with Crippen molar-refractivity contribution in [2.45, 2.75) is 25.3 Å². The molecule has 2 heteroatoms. The molecule has 1 aliphatic carbocycles. The molecule has 1 heterocycles. The molecule has 3 atom stereocenters. The highest BCUT2D eigenvalue weighted by atomic mass is 15.0. The minimum Gasteiger partial charge on any atom is -0.377 e. The fourth-order valence-electron chi connectivity index (χ4n) is 3.96. The largest absolute Gasteiger partial charge is 0.377 e. The Balaban J connectivity index is 1.87. The molecule has 0 saturated carbocycles. The molecule has 0 fully saturated rings. The van der Waals surface area contributed by atoms with Gasteiger partial charge in [-0.25, -0.2) is 0 Å². The highest BCUT2D eigenvalue weighted by molar-refractivity contribution is 5.68. The summed E-state index contributed by atoms with van der Waals surface area (Å²) in [5.74, 6) is 0.941. The Hall–Kier alpha value is -2.53. The average Bonchev–Trinajstić information content (AvgIpc) is 3.04. The Morgan fingerprint density at radius 3 is 2.73 bits per heavy atom. The third kappa shape index (κ3) is 1.86. The van der Waals surface area contributed by atoms with E-state index in [0.29, 0.717) is 11.8 Å². The third-order valence-corrected chi connectivity index (χ3v) is 5.04. The molecule has 0 spiro atoms. The van der Waals surface area contributed by atoms with E-state index in [-0.39, 0.29) is 6.04 Å². The Labute approximate surface area is 131 Å². The quantitative estimate of drug-likeness (QED) is 0.772. The van der Waals surface area contributed by atoms with E-state index in [0.717, 1.165) is 17.7 Å². The molecule has 1 aliphatic heterocycles. The summed E-state index contributed by atoms with van der Waals surface area (Å²) < 4.78 is 0. The van der Waals surface area contributed by atoms with Crippen LogP contribution in [0.3, 0.4) is 0 Å². The van der Waals surface area contributed by atoms with Gasteiger partial charge in [-0.2, -0.15) is 5.26 Å². The molecule has 2 aromatic rings. The second-order valence-corrected chi connectivity index (χ2v) is 6.21. The Morgan fingerprint density at radius 1 is 1.09 bits per heavy atom. The Kier molecular flexibility index (Phi) is 3.01. The topological polar surface area (TPSA) is 35.8 Å². The summed E-state index contributed by atoms with van der Waals surface area (Å²) in [6.07, 6.45) is 5.69. The first-order valence-electron chi connectivity index (χ1n) is 7.81. The van der Waals surface area contributed by atoms with E-state index in [9.17, 15) is 5.26 Å². The Morgan fingerprint density at radius 2 is 1.91 bits per heavy atom. The SMILES string of the molecule is Cc1ccccc1C1Nc2c(C#N)cccc2C2C=CCC21. The molecule has 3 unspecified atom stereocenters. The van der Waals surface area contributed by atoms with Crippen molar-refractivity contribution < 1.29 is 0 Å². The molecule has 0 aromatic heterocycles. The zero-order chi connectivity index (χ0) is 15.1. The number of nitriles is 1. The van der Waals surface area contributed by atoms with Crippen LogP contribution in [0.4, 0.5) is 5.69 Å². The summed E-state index contributed by atoms with van der Waals surface area (Å²) in [5, 5.41) is 13.1. The van der Waals surface area contributed by atoms with Crippen LogP contribution >= 0.6 is 0 Å². The van der Waals surface area contributed by atoms with Gasteiger partial charge in [0.2, 0.25) is 0 Å². The first-order valence-corrected chi connectivity index (χ1v) is 7.81. The van der Waals surface area contributed by atoms with Gasteiger partial charge in [0.15, 0.2) is 0 Å². The van der Waals surface area contributed by atoms with Crippen LogP contribution in [0.5, 0.6) is 0 Å². The number of rotatable bonds is 1. The van der Waals surface area contributed by atoms with Gasteiger partial charge in [-0.15, -0.1) is 0 Å². The van der Waals surface area contributed by atoms with Crippen LogP contribution in [-0.2, 0) is 0 Å². The molecule has 22 heavy (non-hydrogen) atoms. The minimum atomic E-state index is 0.267. The minimum absolute atomic E-state index is 0.267. The van der Waals surface area contributed by atoms with Crippen molar-refractivity contribution in [3.63, 3.8) is 0 Å². The van der Waals surface area contributed by atoms with E-state index < -0.39 is 0 Å². The van der Waals surface area contributed by atoms with E-state index in [4.69, 9.17) is 0 Å². The first-order chi connectivity index (χ1) is 10.8. The van der Waals surface area contributed by atoms with E-state index in [1.807, 2.05) is 12.1 Å². The summed E-state index contributed by atoms with van der Waals surface area (Å²) in [6, 6.07) is 17.2. The van der Waals surface area contributed by atoms with E-state index in [1.165, 1.54) is 16.7 Å². The van der Waals surface area contributed by atoms with Crippen LogP contribution < -0.4 is 5.32 Å². The van der Waals surface area contributed by atoms with Gasteiger partial charge < -0.3 is 5.32 Å². The predicted octanol–water partition coefficient (Wildman–Crippen LogP) is 4.69. The zero-order valence-electron chi connectivity index (χ0n) is 12.6. The number of benzene rings is 2. The number of nitrogens with zero attached hydrogens (tertiary/aromatic N) is 1. The second kappa shape index (κ2) is 5.03. The number of aryl methyl sites for hydroxylation is 1. The van der Waals surface area contributed by atoms with Gasteiger partial charge in [-0.1, -0.05) is 48.6 Å². The number of fused-ring (bicyclic) bond motifs is 3. The fourth-order valence-corrected chi connectivity index (χ4v) is 3.96. The maximum Gasteiger partial charge on any atom is 0.101 e. The summed E-state index contributed by atoms with van der Waals surface area (Å²) in [5.41, 5.74) is 5.69. The number of hydrogen-bond donors (Lipinski definition) is 1. The van der Waals surface area contributed by atoms with Crippen LogP contribution in [-0.4, -0.2) is 0 Å². The van der Waals surface area contributed by atoms with Crippen molar-refractivity contribution in [2.75, 3.05) is 5.32 Å². The number of nitrogens with one attached hydrogen (secondary N) is 1. The van der Waals surface area contributed by atoms with E-state index >= 15 is 0 Å². The maximum atomic E-state index is 9.44. The van der Waals surface area contributed by atoms with Crippen LogP contribution in [0, 0.1) is 24.2 Å². The summed E-state index contributed by atoms with van der Waals surface area (Å²) in [4.78, 5) is 0. The number of anilines is 1. The maximum absolute atomic E-state index is 9.44. The zero-order valence-corrected chi connectivity index (χ0v) is 12.6. The monoisotopic (exact) mass is 286 g/mol. The lowest BCUT2D eigenvalue weighted by atomic mass is 9.75. The van der Waals surface area contributed by atoms with Crippen molar-refractivity contribution in [2.24, 2.45) is 5.92 Å². The summed E-state index contributed by atoms with van der Waals surface area (Å²) in [6.45, 7) is 2.17. The molecule has 2 aromatic carbocycles. The number of hydrogen-bond acceptors (Lipinski definition) is 2. The van der Waals surface area contributed by atoms with Gasteiger partial charge in [-0.3, -0.25) is 0 Å². The van der Waals surface area contributed by atoms with Crippen LogP contribution in [0.15, 0.2) is 54.6 Å². The van der Waals surface area contributed by atoms with Crippen LogP contribution in [0.25, 0.3) is 0 Å². The van der Waals surface area contributed by atoms with Gasteiger partial charge in [0.25, 0.3) is 0 Å². The molecule has 0 saturated heterocycles. The van der Waals surface area contributed by atoms with Crippen molar-refractivity contribution in [3.05, 3.63) is 76.9 Å². The molecule has 1 N–H and O–H groups in total. The number of allylic oxidation sites excluding steroid dienone is 2. The highest BCUT2D eigenvalue weighted by Gasteiger charge is 2.38. The lowest BCUT2D eigenvalue weighted by molar-refractivity contribution is 0.424. The van der Waals surface area contributed by atoms with Crippen molar-refractivity contribution in [1.29, 1.82) is 5.26 Å². The normalized spacial score (nSPS) is 25.0. The van der Waals surface area contributed by atoms with Crippen LogP contribution in [0.2, 0.25) is 0 Å². The predicted molar refractivity (Wildman–Crippen MR) is 88.7 cm³/mol. The van der Waals surface area contributed by atoms with Crippen molar-refractivity contribution >= 4 is 5.69 Å². The molecule has 2 aliphatic rings. The summed E-state index contributed by atoms with van der Waals surface area (Å²) >= 11 is 0. The lowest BCUT2D eigenvalue weighted by Crippen LogP contribution is -2.30. The second-order valence-electron chi connectivity index (χ2n) is 6.21. The van der Waals surface area contributed by atoms with Gasteiger partial charge >= 0.3 is 0 Å². The average molecular weight is 286 g/mol. The summed E-state index contributed by atoms with van der Waals surface area (Å²) in [7, 11) is 0. The molecular weight excluding hydrogens is 268 g/mol. The van der Waals surface area contributed by atoms with E-state index in [2.05, 4.69) is 60.8 Å². The number of para-hydroxylation sites is 1. The molecule has 0 radical (unpaired) electrons. The molecule has 108 valence electrons. The molecule has 2 nitrogen and oxygen atoms in total. The third-order valence-electron chi connectivity index (χ3n) is 5.04. The first kappa shape index (κ1) is 13.2. The van der Waals surface area contributed by atoms with Gasteiger partial charge in [0, 0.05) is 5.92 Å². The Bertz CT molecular complexity index is 798. The highest BCUT2D eigenvalue weighted by Crippen LogP contribution is 2.50. The van der Waals surface area contributed by atoms with Gasteiger partial charge in [-0.05, 0) is 42.0 Å². The fraction of sp³-hybridized carbons (Fsp3) is 0.250. The van der Waals surface area contributed by atoms with Gasteiger partial charge in [0.05, 0.1) is 17.3 Å². The van der Waals surface area contributed by atoms with Crippen molar-refractivity contribution in [1.82, 2.24) is 0 Å².